The van der Waals surface area contributed by atoms with E-state index >= 15 is 0 Å². The van der Waals surface area contributed by atoms with Crippen LogP contribution < -0.4 is 10.1 Å². The normalized spacial score (nSPS) is 12.8. The van der Waals surface area contributed by atoms with Crippen molar-refractivity contribution >= 4 is 34.1 Å². The fourth-order valence-corrected chi connectivity index (χ4v) is 4.65. The van der Waals surface area contributed by atoms with Gasteiger partial charge in [0.1, 0.15) is 5.01 Å². The van der Waals surface area contributed by atoms with Crippen LogP contribution in [0.1, 0.15) is 37.7 Å². The Balaban J connectivity index is 1.58. The number of halogens is 1. The zero-order chi connectivity index (χ0) is 24.1. The predicted molar refractivity (Wildman–Crippen MR) is 130 cm³/mol. The van der Waals surface area contributed by atoms with Crippen LogP contribution in [0.5, 0.6) is 5.75 Å². The van der Waals surface area contributed by atoms with E-state index in [4.69, 9.17) is 4.74 Å². The minimum absolute atomic E-state index is 0.128. The maximum absolute atomic E-state index is 14.1. The topological polar surface area (TPSA) is 94.8 Å². The first kappa shape index (κ1) is 23.8. The number of hydrogen-bond acceptors (Lipinski definition) is 8. The summed E-state index contributed by atoms with van der Waals surface area (Å²) in [4.78, 5) is 12.8. The summed E-state index contributed by atoms with van der Waals surface area (Å²) in [7, 11) is 0. The van der Waals surface area contributed by atoms with Crippen molar-refractivity contribution in [1.29, 1.82) is 0 Å². The SMILES string of the molecule is CCc1nnc(NC(=O)C(C)Sc2nnc(C(C)Oc3ccccc3F)n2-c2ccccc2)s1. The first-order valence-corrected chi connectivity index (χ1v) is 12.4. The van der Waals surface area contributed by atoms with E-state index in [1.165, 1.54) is 29.2 Å². The van der Waals surface area contributed by atoms with Crippen molar-refractivity contribution in [2.75, 3.05) is 5.32 Å². The molecule has 0 radical (unpaired) electrons. The molecule has 4 rings (SSSR count). The van der Waals surface area contributed by atoms with Gasteiger partial charge >= 0.3 is 0 Å². The summed E-state index contributed by atoms with van der Waals surface area (Å²) in [6, 6.07) is 15.7. The van der Waals surface area contributed by atoms with Gasteiger partial charge in [-0.3, -0.25) is 14.7 Å². The van der Waals surface area contributed by atoms with E-state index in [-0.39, 0.29) is 11.7 Å². The van der Waals surface area contributed by atoms with Gasteiger partial charge in [-0.1, -0.05) is 60.4 Å². The molecule has 0 bridgehead atoms. The third-order valence-corrected chi connectivity index (χ3v) is 6.85. The second kappa shape index (κ2) is 10.7. The standard InChI is InChI=1S/C23H23FN6O2S2/c1-4-19-26-28-22(34-19)25-21(31)15(3)33-23-29-27-20(30(23)16-10-6-5-7-11-16)14(2)32-18-13-9-8-12-17(18)24/h5-15H,4H2,1-3H3,(H,25,28,31). The molecule has 0 spiro atoms. The van der Waals surface area contributed by atoms with Crippen LogP contribution in [-0.4, -0.2) is 36.1 Å². The second-order valence-electron chi connectivity index (χ2n) is 7.31. The van der Waals surface area contributed by atoms with Crippen molar-refractivity contribution in [3.63, 3.8) is 0 Å². The number of nitrogens with zero attached hydrogens (tertiary/aromatic N) is 5. The largest absolute Gasteiger partial charge is 0.480 e. The van der Waals surface area contributed by atoms with Crippen LogP contribution in [0.25, 0.3) is 5.69 Å². The molecule has 2 aromatic heterocycles. The number of nitrogens with one attached hydrogen (secondary N) is 1. The number of carbonyl (C=O) groups excluding carboxylic acids is 1. The molecule has 0 aliphatic heterocycles. The summed E-state index contributed by atoms with van der Waals surface area (Å²) in [6.45, 7) is 5.54. The lowest BCUT2D eigenvalue weighted by Crippen LogP contribution is -2.23. The second-order valence-corrected chi connectivity index (χ2v) is 9.68. The minimum atomic E-state index is -0.600. The van der Waals surface area contributed by atoms with Gasteiger partial charge in [0.05, 0.1) is 5.25 Å². The van der Waals surface area contributed by atoms with Gasteiger partial charge in [-0.2, -0.15) is 0 Å². The number of anilines is 1. The van der Waals surface area contributed by atoms with Crippen LogP contribution in [0.2, 0.25) is 0 Å². The molecule has 2 unspecified atom stereocenters. The number of amides is 1. The number of para-hydroxylation sites is 2. The zero-order valence-corrected chi connectivity index (χ0v) is 20.4. The molecule has 0 saturated heterocycles. The van der Waals surface area contributed by atoms with E-state index in [9.17, 15) is 9.18 Å². The molecule has 34 heavy (non-hydrogen) atoms. The Kier molecular flexibility index (Phi) is 7.53. The van der Waals surface area contributed by atoms with Crippen molar-refractivity contribution in [2.24, 2.45) is 0 Å². The fourth-order valence-electron chi connectivity index (χ4n) is 3.09. The van der Waals surface area contributed by atoms with Crippen LogP contribution in [0, 0.1) is 5.82 Å². The Morgan fingerprint density at radius 3 is 2.53 bits per heavy atom. The molecule has 2 aromatic carbocycles. The van der Waals surface area contributed by atoms with Gasteiger partial charge < -0.3 is 4.74 Å². The molecule has 0 saturated carbocycles. The van der Waals surface area contributed by atoms with E-state index in [1.807, 2.05) is 41.8 Å². The number of benzene rings is 2. The van der Waals surface area contributed by atoms with Crippen molar-refractivity contribution < 1.29 is 13.9 Å². The van der Waals surface area contributed by atoms with E-state index in [1.54, 1.807) is 32.0 Å². The Bertz CT molecular complexity index is 1260. The Morgan fingerprint density at radius 2 is 1.82 bits per heavy atom. The molecule has 0 aliphatic rings. The number of thioether (sulfide) groups is 1. The van der Waals surface area contributed by atoms with Gasteiger partial charge in [0.15, 0.2) is 28.7 Å². The number of hydrogen-bond donors (Lipinski definition) is 1. The number of aromatic nitrogens is 5. The van der Waals surface area contributed by atoms with Crippen LogP contribution in [0.15, 0.2) is 59.8 Å². The van der Waals surface area contributed by atoms with Gasteiger partial charge in [-0.25, -0.2) is 4.39 Å². The lowest BCUT2D eigenvalue weighted by molar-refractivity contribution is -0.115. The average molecular weight is 499 g/mol. The number of rotatable bonds is 9. The van der Waals surface area contributed by atoms with E-state index in [0.29, 0.717) is 16.1 Å². The lowest BCUT2D eigenvalue weighted by atomic mass is 10.3. The highest BCUT2D eigenvalue weighted by atomic mass is 32.2. The summed E-state index contributed by atoms with van der Waals surface area (Å²) < 4.78 is 21.8. The van der Waals surface area contributed by atoms with Crippen LogP contribution in [-0.2, 0) is 11.2 Å². The molecule has 0 aliphatic carbocycles. The highest BCUT2D eigenvalue weighted by molar-refractivity contribution is 8.00. The predicted octanol–water partition coefficient (Wildman–Crippen LogP) is 5.08. The zero-order valence-electron chi connectivity index (χ0n) is 18.8. The maximum atomic E-state index is 14.1. The smallest absolute Gasteiger partial charge is 0.239 e. The van der Waals surface area contributed by atoms with Crippen molar-refractivity contribution in [3.05, 3.63) is 71.2 Å². The fraction of sp³-hybridized carbons (Fsp3) is 0.261. The van der Waals surface area contributed by atoms with Crippen LogP contribution in [0.3, 0.4) is 0 Å². The molecule has 176 valence electrons. The molecule has 1 N–H and O–H groups in total. The Hall–Kier alpha value is -3.31. The van der Waals surface area contributed by atoms with E-state index < -0.39 is 17.2 Å². The Morgan fingerprint density at radius 1 is 1.09 bits per heavy atom. The third-order valence-electron chi connectivity index (χ3n) is 4.83. The summed E-state index contributed by atoms with van der Waals surface area (Å²) in [5.41, 5.74) is 0.804. The van der Waals surface area contributed by atoms with Crippen molar-refractivity contribution in [3.8, 4) is 11.4 Å². The highest BCUT2D eigenvalue weighted by Crippen LogP contribution is 2.31. The quantitative estimate of drug-likeness (QED) is 0.322. The number of carbonyl (C=O) groups is 1. The molecule has 11 heteroatoms. The molecular weight excluding hydrogens is 475 g/mol. The molecule has 2 atom stereocenters. The highest BCUT2D eigenvalue weighted by Gasteiger charge is 2.25. The summed E-state index contributed by atoms with van der Waals surface area (Å²) in [5.74, 6) is -0.0594. The van der Waals surface area contributed by atoms with Gasteiger partial charge in [-0.15, -0.1) is 20.4 Å². The summed E-state index contributed by atoms with van der Waals surface area (Å²) >= 11 is 2.61. The molecule has 1 amide bonds. The van der Waals surface area contributed by atoms with Crippen molar-refractivity contribution in [1.82, 2.24) is 25.0 Å². The van der Waals surface area contributed by atoms with E-state index in [2.05, 4.69) is 25.7 Å². The number of aryl methyl sites for hydroxylation is 1. The molecule has 0 fully saturated rings. The number of ether oxygens (including phenoxy) is 1. The van der Waals surface area contributed by atoms with Gasteiger partial charge in [0.25, 0.3) is 0 Å². The first-order chi connectivity index (χ1) is 16.5. The lowest BCUT2D eigenvalue weighted by Gasteiger charge is -2.17. The van der Waals surface area contributed by atoms with Crippen LogP contribution >= 0.6 is 23.1 Å². The molecule has 4 aromatic rings. The maximum Gasteiger partial charge on any atom is 0.239 e. The van der Waals surface area contributed by atoms with E-state index in [0.717, 1.165) is 17.1 Å². The molecular formula is C23H23FN6O2S2. The van der Waals surface area contributed by atoms with Crippen molar-refractivity contribution in [2.45, 2.75) is 43.7 Å². The minimum Gasteiger partial charge on any atom is -0.480 e. The summed E-state index contributed by atoms with van der Waals surface area (Å²) in [6.07, 6.45) is 0.158. The Labute approximate surface area is 204 Å². The molecule has 8 nitrogen and oxygen atoms in total. The first-order valence-electron chi connectivity index (χ1n) is 10.7. The van der Waals surface area contributed by atoms with Gasteiger partial charge in [-0.05, 0) is 44.5 Å². The molecule has 2 heterocycles. The third kappa shape index (κ3) is 5.42. The average Bonchev–Trinajstić information content (AvgIpc) is 3.48. The van der Waals surface area contributed by atoms with Gasteiger partial charge in [0, 0.05) is 5.69 Å². The monoisotopic (exact) mass is 498 g/mol. The summed E-state index contributed by atoms with van der Waals surface area (Å²) in [5, 5.41) is 20.8. The van der Waals surface area contributed by atoms with Crippen LogP contribution in [0.4, 0.5) is 9.52 Å². The van der Waals surface area contributed by atoms with Gasteiger partial charge in [0.2, 0.25) is 11.0 Å².